The Morgan fingerprint density at radius 3 is 2.61 bits per heavy atom. The van der Waals surface area contributed by atoms with E-state index in [1.54, 1.807) is 37.3 Å². The van der Waals surface area contributed by atoms with E-state index in [2.05, 4.69) is 10.3 Å². The summed E-state index contributed by atoms with van der Waals surface area (Å²) in [6, 6.07) is 10.9. The average Bonchev–Trinajstić information content (AvgIpc) is 3.17. The molecule has 0 spiro atoms. The molecule has 0 saturated heterocycles. The minimum atomic E-state index is -0.365. The summed E-state index contributed by atoms with van der Waals surface area (Å²) in [4.78, 5) is 29.9. The molecule has 5 nitrogen and oxygen atoms in total. The third-order valence-corrected chi connectivity index (χ3v) is 5.35. The van der Waals surface area contributed by atoms with Crippen molar-refractivity contribution in [2.75, 3.05) is 5.32 Å². The van der Waals surface area contributed by atoms with Gasteiger partial charge in [0.1, 0.15) is 11.6 Å². The van der Waals surface area contributed by atoms with Gasteiger partial charge in [-0.2, -0.15) is 0 Å². The van der Waals surface area contributed by atoms with Crippen LogP contribution in [0.1, 0.15) is 37.9 Å². The number of halogens is 1. The summed E-state index contributed by atoms with van der Waals surface area (Å²) in [5.41, 5.74) is 1.45. The fraction of sp³-hybridized carbons (Fsp3) is 0.318. The van der Waals surface area contributed by atoms with Gasteiger partial charge in [0.25, 0.3) is 5.56 Å². The quantitative estimate of drug-likeness (QED) is 0.733. The van der Waals surface area contributed by atoms with E-state index in [4.69, 9.17) is 0 Å². The number of aryl methyl sites for hydroxylation is 1. The van der Waals surface area contributed by atoms with Crippen LogP contribution < -0.4 is 10.9 Å². The first kappa shape index (κ1) is 18.3. The van der Waals surface area contributed by atoms with Gasteiger partial charge in [0, 0.05) is 12.1 Å². The van der Waals surface area contributed by atoms with Gasteiger partial charge in [-0.15, -0.1) is 0 Å². The maximum Gasteiger partial charge on any atom is 0.266 e. The third kappa shape index (κ3) is 3.67. The fourth-order valence-corrected chi connectivity index (χ4v) is 3.96. The number of fused-ring (bicyclic) bond motifs is 1. The number of anilines is 1. The zero-order chi connectivity index (χ0) is 19.7. The number of hydrogen-bond donors (Lipinski definition) is 1. The molecule has 2 aromatic carbocycles. The maximum atomic E-state index is 13.2. The number of hydrogen-bond acceptors (Lipinski definition) is 3. The van der Waals surface area contributed by atoms with Crippen LogP contribution in [0.25, 0.3) is 16.6 Å². The normalized spacial score (nSPS) is 14.5. The highest BCUT2D eigenvalue weighted by atomic mass is 19.1. The monoisotopic (exact) mass is 379 g/mol. The Balaban J connectivity index is 1.67. The lowest BCUT2D eigenvalue weighted by molar-refractivity contribution is -0.117. The molecule has 6 heteroatoms. The van der Waals surface area contributed by atoms with E-state index in [1.165, 1.54) is 29.5 Å². The van der Waals surface area contributed by atoms with Crippen molar-refractivity contribution in [3.8, 4) is 5.69 Å². The smallest absolute Gasteiger partial charge is 0.266 e. The largest absolute Gasteiger partial charge is 0.326 e. The van der Waals surface area contributed by atoms with Crippen LogP contribution in [0.2, 0.25) is 0 Å². The zero-order valence-corrected chi connectivity index (χ0v) is 15.7. The topological polar surface area (TPSA) is 64.0 Å². The molecule has 1 aliphatic carbocycles. The average molecular weight is 379 g/mol. The van der Waals surface area contributed by atoms with E-state index in [9.17, 15) is 14.0 Å². The summed E-state index contributed by atoms with van der Waals surface area (Å²) in [6.45, 7) is 1.74. The summed E-state index contributed by atoms with van der Waals surface area (Å²) in [7, 11) is 0. The first-order chi connectivity index (χ1) is 13.5. The van der Waals surface area contributed by atoms with Crippen molar-refractivity contribution >= 4 is 22.5 Å². The van der Waals surface area contributed by atoms with Crippen LogP contribution in [0.3, 0.4) is 0 Å². The Bertz CT molecular complexity index is 1080. The Morgan fingerprint density at radius 1 is 1.18 bits per heavy atom. The van der Waals surface area contributed by atoms with Crippen LogP contribution in [0.5, 0.6) is 0 Å². The number of rotatable bonds is 4. The van der Waals surface area contributed by atoms with Crippen LogP contribution in [-0.4, -0.2) is 15.5 Å². The Kier molecular flexibility index (Phi) is 4.94. The molecule has 1 fully saturated rings. The van der Waals surface area contributed by atoms with E-state index >= 15 is 0 Å². The van der Waals surface area contributed by atoms with E-state index in [0.717, 1.165) is 12.8 Å². The van der Waals surface area contributed by atoms with Crippen molar-refractivity contribution in [3.05, 3.63) is 64.5 Å². The van der Waals surface area contributed by atoms with Gasteiger partial charge in [0.15, 0.2) is 0 Å². The summed E-state index contributed by atoms with van der Waals surface area (Å²) in [5.74, 6) is 0.586. The molecule has 0 aliphatic heterocycles. The van der Waals surface area contributed by atoms with Gasteiger partial charge < -0.3 is 5.32 Å². The van der Waals surface area contributed by atoms with Gasteiger partial charge in [0.2, 0.25) is 5.91 Å². The number of nitrogens with zero attached hydrogens (tertiary/aromatic N) is 2. The van der Waals surface area contributed by atoms with Crippen molar-refractivity contribution in [2.24, 2.45) is 5.92 Å². The highest BCUT2D eigenvalue weighted by molar-refractivity contribution is 5.93. The van der Waals surface area contributed by atoms with Crippen LogP contribution in [-0.2, 0) is 4.79 Å². The molecule has 0 radical (unpaired) electrons. The Morgan fingerprint density at radius 2 is 1.89 bits per heavy atom. The first-order valence-electron chi connectivity index (χ1n) is 9.60. The number of nitrogens with one attached hydrogen (secondary N) is 1. The van der Waals surface area contributed by atoms with Gasteiger partial charge >= 0.3 is 0 Å². The van der Waals surface area contributed by atoms with Gasteiger partial charge in [-0.05, 0) is 68.1 Å². The second kappa shape index (κ2) is 7.54. The minimum Gasteiger partial charge on any atom is -0.326 e. The molecular formula is C22H22FN3O2. The lowest BCUT2D eigenvalue weighted by Gasteiger charge is -2.13. The highest BCUT2D eigenvalue weighted by Crippen LogP contribution is 2.28. The van der Waals surface area contributed by atoms with Gasteiger partial charge in [-0.1, -0.05) is 12.8 Å². The van der Waals surface area contributed by atoms with Crippen molar-refractivity contribution in [1.29, 1.82) is 0 Å². The standard InChI is InChI=1S/C22H22FN3O2/c1-14-24-20-11-8-17(25-21(27)12-15-4-2-3-5-15)13-19(20)22(28)26(14)18-9-6-16(23)7-10-18/h6-11,13,15H,2-5,12H2,1H3,(H,25,27). The van der Waals surface area contributed by atoms with Gasteiger partial charge in [0.05, 0.1) is 16.6 Å². The lowest BCUT2D eigenvalue weighted by atomic mass is 10.0. The van der Waals surface area contributed by atoms with Crippen LogP contribution in [0.4, 0.5) is 10.1 Å². The summed E-state index contributed by atoms with van der Waals surface area (Å²) in [6.07, 6.45) is 5.13. The fourth-order valence-electron chi connectivity index (χ4n) is 3.96. The molecule has 4 rings (SSSR count). The van der Waals surface area contributed by atoms with Crippen molar-refractivity contribution in [2.45, 2.75) is 39.0 Å². The summed E-state index contributed by atoms with van der Waals surface area (Å²) in [5, 5.41) is 3.32. The second-order valence-corrected chi connectivity index (χ2v) is 7.41. The van der Waals surface area contributed by atoms with E-state index in [1.807, 2.05) is 0 Å². The van der Waals surface area contributed by atoms with Crippen LogP contribution in [0, 0.1) is 18.7 Å². The minimum absolute atomic E-state index is 0.0230. The molecule has 1 amide bonds. The van der Waals surface area contributed by atoms with Gasteiger partial charge in [-0.25, -0.2) is 9.37 Å². The van der Waals surface area contributed by atoms with Crippen molar-refractivity contribution in [1.82, 2.24) is 9.55 Å². The highest BCUT2D eigenvalue weighted by Gasteiger charge is 2.19. The molecule has 1 aromatic heterocycles. The molecule has 144 valence electrons. The van der Waals surface area contributed by atoms with E-state index < -0.39 is 0 Å². The molecule has 0 bridgehead atoms. The van der Waals surface area contributed by atoms with E-state index in [-0.39, 0.29) is 17.3 Å². The molecule has 3 aromatic rings. The molecular weight excluding hydrogens is 357 g/mol. The lowest BCUT2D eigenvalue weighted by Crippen LogP contribution is -2.22. The number of carbonyl (C=O) groups excluding carboxylic acids is 1. The molecule has 1 aliphatic rings. The molecule has 1 heterocycles. The predicted molar refractivity (Wildman–Crippen MR) is 107 cm³/mol. The Hall–Kier alpha value is -3.02. The molecule has 1 saturated carbocycles. The van der Waals surface area contributed by atoms with Crippen LogP contribution in [0.15, 0.2) is 47.3 Å². The maximum absolute atomic E-state index is 13.2. The second-order valence-electron chi connectivity index (χ2n) is 7.41. The first-order valence-corrected chi connectivity index (χ1v) is 9.60. The van der Waals surface area contributed by atoms with Gasteiger partial charge in [-0.3, -0.25) is 14.2 Å². The summed E-state index contributed by atoms with van der Waals surface area (Å²) < 4.78 is 14.7. The number of amides is 1. The Labute approximate surface area is 162 Å². The number of benzene rings is 2. The summed E-state index contributed by atoms with van der Waals surface area (Å²) >= 11 is 0. The number of aromatic nitrogens is 2. The van der Waals surface area contributed by atoms with Crippen molar-refractivity contribution in [3.63, 3.8) is 0 Å². The van der Waals surface area contributed by atoms with Crippen LogP contribution >= 0.6 is 0 Å². The third-order valence-electron chi connectivity index (χ3n) is 5.35. The molecule has 0 unspecified atom stereocenters. The predicted octanol–water partition coefficient (Wildman–Crippen LogP) is 4.35. The molecule has 28 heavy (non-hydrogen) atoms. The molecule has 1 N–H and O–H groups in total. The number of carbonyl (C=O) groups is 1. The van der Waals surface area contributed by atoms with Crippen molar-refractivity contribution < 1.29 is 9.18 Å². The zero-order valence-electron chi connectivity index (χ0n) is 15.7. The molecule has 0 atom stereocenters. The SMILES string of the molecule is Cc1nc2ccc(NC(=O)CC3CCCC3)cc2c(=O)n1-c1ccc(F)cc1. The van der Waals surface area contributed by atoms with E-state index in [0.29, 0.717) is 40.4 Å².